The Labute approximate surface area is 254 Å². The Balaban J connectivity index is 0.000000215. The number of hydrogen-bond acceptors (Lipinski definition) is 3. The summed E-state index contributed by atoms with van der Waals surface area (Å²) in [4.78, 5) is 13.2. The van der Waals surface area contributed by atoms with E-state index in [9.17, 15) is 0 Å². The Morgan fingerprint density at radius 2 is 1.48 bits per heavy atom. The topological polar surface area (TPSA) is 38.7 Å². The Kier molecular flexibility index (Phi) is 11.3. The van der Waals surface area contributed by atoms with E-state index in [1.807, 2.05) is 54.7 Å². The predicted molar refractivity (Wildman–Crippen MR) is 167 cm³/mol. The van der Waals surface area contributed by atoms with Gasteiger partial charge in [0.2, 0.25) is 0 Å². The summed E-state index contributed by atoms with van der Waals surface area (Å²) in [5, 5.41) is 1.49. The van der Waals surface area contributed by atoms with Crippen LogP contribution in [0.3, 0.4) is 0 Å². The fraction of sp³-hybridized carbons (Fsp3) is 0.229. The van der Waals surface area contributed by atoms with Crippen molar-refractivity contribution in [2.24, 2.45) is 5.92 Å². The molecule has 0 unspecified atom stereocenters. The second-order valence-electron chi connectivity index (χ2n) is 11.3. The van der Waals surface area contributed by atoms with Gasteiger partial charge in [0.15, 0.2) is 0 Å². The molecule has 3 nitrogen and oxygen atoms in total. The molecule has 0 aliphatic carbocycles. The fourth-order valence-electron chi connectivity index (χ4n) is 4.55. The molecule has 2 aromatic carbocycles. The third kappa shape index (κ3) is 8.38. The molecule has 5 aromatic rings. The molecule has 207 valence electrons. The minimum atomic E-state index is -1.34. The van der Waals surface area contributed by atoms with E-state index in [4.69, 9.17) is 0 Å². The van der Waals surface area contributed by atoms with Crippen LogP contribution in [0.2, 0.25) is 19.6 Å². The van der Waals surface area contributed by atoms with Crippen LogP contribution in [0, 0.1) is 25.1 Å². The van der Waals surface area contributed by atoms with Crippen LogP contribution in [0.5, 0.6) is 0 Å². The number of benzene rings is 2. The van der Waals surface area contributed by atoms with Crippen molar-refractivity contribution in [3.05, 3.63) is 121 Å². The van der Waals surface area contributed by atoms with Crippen LogP contribution in [-0.4, -0.2) is 23.0 Å². The summed E-state index contributed by atoms with van der Waals surface area (Å²) in [6.07, 6.45) is 9.83. The molecule has 3 aromatic heterocycles. The standard InChI is InChI=1S/C18H24NSi.C17H13N2.Ir/c1-14(2)11-16-12-17(15-9-7-6-8-10-15)19-13-18(16)20(3,4)5;1-13-11-19-17(15-8-5-9-18-12-15)10-16(13)14-6-3-2-4-7-14;/h6-9,12-14H,11H2,1-5H3;2-11H,1H3;/q2*-1;. The Morgan fingerprint density at radius 3 is 2.10 bits per heavy atom. The van der Waals surface area contributed by atoms with Crippen molar-refractivity contribution in [3.63, 3.8) is 0 Å². The summed E-state index contributed by atoms with van der Waals surface area (Å²) in [6.45, 7) is 13.8. The zero-order chi connectivity index (χ0) is 27.8. The predicted octanol–water partition coefficient (Wildman–Crippen LogP) is 8.21. The normalized spacial score (nSPS) is 10.9. The van der Waals surface area contributed by atoms with Gasteiger partial charge in [0, 0.05) is 32.5 Å². The second-order valence-corrected chi connectivity index (χ2v) is 16.3. The second kappa shape index (κ2) is 14.4. The van der Waals surface area contributed by atoms with Crippen LogP contribution in [0.1, 0.15) is 25.0 Å². The molecule has 5 rings (SSSR count). The van der Waals surface area contributed by atoms with E-state index in [2.05, 4.69) is 104 Å². The number of pyridine rings is 3. The average Bonchev–Trinajstić information content (AvgIpc) is 2.94. The molecule has 0 amide bonds. The first kappa shape index (κ1) is 31.3. The molecule has 0 N–H and O–H groups in total. The summed E-state index contributed by atoms with van der Waals surface area (Å²) in [7, 11) is -1.34. The maximum Gasteiger partial charge on any atom is 0.0798 e. The van der Waals surface area contributed by atoms with Crippen LogP contribution in [0.25, 0.3) is 33.6 Å². The van der Waals surface area contributed by atoms with Gasteiger partial charge in [-0.15, -0.1) is 53.6 Å². The number of aromatic nitrogens is 3. The first-order chi connectivity index (χ1) is 18.7. The van der Waals surface area contributed by atoms with Gasteiger partial charge in [-0.1, -0.05) is 87.7 Å². The van der Waals surface area contributed by atoms with E-state index in [0.29, 0.717) is 5.92 Å². The zero-order valence-electron chi connectivity index (χ0n) is 24.2. The van der Waals surface area contributed by atoms with E-state index < -0.39 is 8.07 Å². The van der Waals surface area contributed by atoms with E-state index in [1.165, 1.54) is 27.4 Å². The van der Waals surface area contributed by atoms with Crippen LogP contribution < -0.4 is 5.19 Å². The smallest absolute Gasteiger partial charge is 0.0798 e. The summed E-state index contributed by atoms with van der Waals surface area (Å²) in [5.74, 6) is 0.667. The summed E-state index contributed by atoms with van der Waals surface area (Å²) in [5.41, 5.74) is 8.98. The van der Waals surface area contributed by atoms with Gasteiger partial charge in [0.25, 0.3) is 0 Å². The van der Waals surface area contributed by atoms with Gasteiger partial charge in [0.05, 0.1) is 8.07 Å². The van der Waals surface area contributed by atoms with Crippen LogP contribution in [-0.2, 0) is 26.5 Å². The summed E-state index contributed by atoms with van der Waals surface area (Å²) >= 11 is 0. The Bertz CT molecular complexity index is 1480. The molecule has 1 radical (unpaired) electrons. The van der Waals surface area contributed by atoms with Gasteiger partial charge in [-0.25, -0.2) is 0 Å². The van der Waals surface area contributed by atoms with E-state index in [1.54, 1.807) is 6.20 Å². The first-order valence-corrected chi connectivity index (χ1v) is 17.0. The van der Waals surface area contributed by atoms with Crippen molar-refractivity contribution < 1.29 is 20.1 Å². The Hall–Kier alpha value is -3.24. The van der Waals surface area contributed by atoms with Crippen molar-refractivity contribution in [1.82, 2.24) is 15.0 Å². The van der Waals surface area contributed by atoms with Crippen molar-refractivity contribution in [1.29, 1.82) is 0 Å². The summed E-state index contributed by atoms with van der Waals surface area (Å²) < 4.78 is 0. The molecule has 0 spiro atoms. The van der Waals surface area contributed by atoms with Gasteiger partial charge in [-0.2, -0.15) is 0 Å². The largest absolute Gasteiger partial charge is 0.360 e. The van der Waals surface area contributed by atoms with Gasteiger partial charge in [0.1, 0.15) is 0 Å². The van der Waals surface area contributed by atoms with E-state index >= 15 is 0 Å². The quantitative estimate of drug-likeness (QED) is 0.131. The minimum Gasteiger partial charge on any atom is -0.360 e. The molecule has 40 heavy (non-hydrogen) atoms. The zero-order valence-corrected chi connectivity index (χ0v) is 27.6. The molecule has 0 atom stereocenters. The molecule has 0 aliphatic heterocycles. The molecule has 0 aliphatic rings. The number of aryl methyl sites for hydroxylation is 1. The first-order valence-electron chi connectivity index (χ1n) is 13.5. The van der Waals surface area contributed by atoms with Crippen LogP contribution >= 0.6 is 0 Å². The van der Waals surface area contributed by atoms with Gasteiger partial charge >= 0.3 is 0 Å². The Morgan fingerprint density at radius 1 is 0.800 bits per heavy atom. The monoisotopic (exact) mass is 720 g/mol. The number of nitrogens with zero attached hydrogens (tertiary/aromatic N) is 3. The molecular formula is C35H37IrN3Si-2. The van der Waals surface area contributed by atoms with E-state index in [0.717, 1.165) is 28.9 Å². The maximum absolute atomic E-state index is 4.69. The van der Waals surface area contributed by atoms with Gasteiger partial charge in [-0.3, -0.25) is 0 Å². The van der Waals surface area contributed by atoms with E-state index in [-0.39, 0.29) is 20.1 Å². The number of rotatable bonds is 6. The molecular weight excluding hydrogens is 683 g/mol. The molecule has 0 bridgehead atoms. The average molecular weight is 720 g/mol. The fourth-order valence-corrected chi connectivity index (χ4v) is 6.14. The third-order valence-electron chi connectivity index (χ3n) is 6.48. The van der Waals surface area contributed by atoms with Gasteiger partial charge < -0.3 is 15.0 Å². The van der Waals surface area contributed by atoms with Crippen LogP contribution in [0.15, 0.2) is 97.5 Å². The van der Waals surface area contributed by atoms with Crippen molar-refractivity contribution >= 4 is 13.3 Å². The molecule has 0 saturated carbocycles. The van der Waals surface area contributed by atoms with Crippen molar-refractivity contribution in [2.45, 2.75) is 46.8 Å². The minimum absolute atomic E-state index is 0. The van der Waals surface area contributed by atoms with Gasteiger partial charge in [-0.05, 0) is 58.7 Å². The maximum atomic E-state index is 4.69. The van der Waals surface area contributed by atoms with Crippen molar-refractivity contribution in [2.75, 3.05) is 0 Å². The summed E-state index contributed by atoms with van der Waals surface area (Å²) in [6, 6.07) is 29.9. The molecule has 0 saturated heterocycles. The molecule has 0 fully saturated rings. The van der Waals surface area contributed by atoms with Crippen molar-refractivity contribution in [3.8, 4) is 33.6 Å². The molecule has 5 heteroatoms. The number of hydrogen-bond donors (Lipinski definition) is 0. The molecule has 3 heterocycles. The van der Waals surface area contributed by atoms with Crippen LogP contribution in [0.4, 0.5) is 0 Å². The third-order valence-corrected chi connectivity index (χ3v) is 8.55. The SMILES string of the molecule is CC(C)Cc1cc(-c2[c-]cccc2)ncc1[Si](C)(C)C.Cc1cnc(-c2[c-]nccc2)cc1-c1ccccc1.[Ir].